The van der Waals surface area contributed by atoms with Gasteiger partial charge < -0.3 is 10.1 Å². The minimum Gasteiger partial charge on any atom is -0.379 e. The van der Waals surface area contributed by atoms with Crippen LogP contribution in [0.5, 0.6) is 0 Å². The first-order chi connectivity index (χ1) is 14.7. The first-order valence-electron chi connectivity index (χ1n) is 10.6. The third-order valence-electron chi connectivity index (χ3n) is 5.61. The Labute approximate surface area is 176 Å². The van der Waals surface area contributed by atoms with Crippen molar-refractivity contribution in [3.8, 4) is 0 Å². The summed E-state index contributed by atoms with van der Waals surface area (Å²) in [6.45, 7) is 7.43. The summed E-state index contributed by atoms with van der Waals surface area (Å²) in [6, 6.07) is 12.1. The van der Waals surface area contributed by atoms with Gasteiger partial charge >= 0.3 is 0 Å². The Balaban J connectivity index is 1.32. The molecule has 0 bridgehead atoms. The number of nitrogens with one attached hydrogen (secondary N) is 2. The highest BCUT2D eigenvalue weighted by atomic mass is 16.5. The van der Waals surface area contributed by atoms with Crippen molar-refractivity contribution in [2.75, 3.05) is 44.7 Å². The fraction of sp³-hybridized carbons (Fsp3) is 0.435. The molecule has 3 aromatic rings. The van der Waals surface area contributed by atoms with Crippen LogP contribution in [0.2, 0.25) is 0 Å². The number of benzene rings is 1. The maximum absolute atomic E-state index is 12.5. The Hall–Kier alpha value is -2.77. The van der Waals surface area contributed by atoms with Gasteiger partial charge in [-0.3, -0.25) is 19.8 Å². The van der Waals surface area contributed by atoms with Crippen LogP contribution in [-0.2, 0) is 16.0 Å². The molecule has 7 nitrogen and oxygen atoms in total. The zero-order chi connectivity index (χ0) is 20.8. The van der Waals surface area contributed by atoms with Crippen molar-refractivity contribution in [3.63, 3.8) is 0 Å². The summed E-state index contributed by atoms with van der Waals surface area (Å²) >= 11 is 0. The molecule has 158 valence electrons. The lowest BCUT2D eigenvalue weighted by molar-refractivity contribution is -0.118. The smallest absolute Gasteiger partial charge is 0.157 e. The summed E-state index contributed by atoms with van der Waals surface area (Å²) in [6.07, 6.45) is 2.66. The topological polar surface area (TPSA) is 83.1 Å². The number of H-pyrrole nitrogens is 1. The number of aromatic amines is 1. The number of hydrogen-bond acceptors (Lipinski definition) is 6. The minimum atomic E-state index is 0.196. The fourth-order valence-electron chi connectivity index (χ4n) is 3.86. The molecule has 0 aliphatic carbocycles. The van der Waals surface area contributed by atoms with Gasteiger partial charge in [-0.2, -0.15) is 5.10 Å². The second-order valence-corrected chi connectivity index (χ2v) is 7.91. The van der Waals surface area contributed by atoms with Crippen LogP contribution in [0.4, 0.5) is 5.82 Å². The molecule has 1 aliphatic heterocycles. The molecule has 2 aromatic heterocycles. The van der Waals surface area contributed by atoms with Crippen molar-refractivity contribution in [3.05, 3.63) is 53.9 Å². The van der Waals surface area contributed by atoms with E-state index in [-0.39, 0.29) is 11.7 Å². The molecule has 0 unspecified atom stereocenters. The van der Waals surface area contributed by atoms with Crippen LogP contribution in [0.3, 0.4) is 0 Å². The molecule has 1 saturated heterocycles. The second-order valence-electron chi connectivity index (χ2n) is 7.91. The van der Waals surface area contributed by atoms with Crippen molar-refractivity contribution in [1.29, 1.82) is 0 Å². The van der Waals surface area contributed by atoms with E-state index in [0.29, 0.717) is 12.8 Å². The Morgan fingerprint density at radius 2 is 2.07 bits per heavy atom. The molecule has 7 heteroatoms. The summed E-state index contributed by atoms with van der Waals surface area (Å²) in [5.41, 5.74) is 2.87. The van der Waals surface area contributed by atoms with Gasteiger partial charge in [-0.05, 0) is 17.5 Å². The van der Waals surface area contributed by atoms with Gasteiger partial charge in [0.25, 0.3) is 0 Å². The van der Waals surface area contributed by atoms with Crippen molar-refractivity contribution in [1.82, 2.24) is 20.1 Å². The summed E-state index contributed by atoms with van der Waals surface area (Å²) in [5.74, 6) is 1.21. The van der Waals surface area contributed by atoms with Crippen LogP contribution in [0.1, 0.15) is 30.5 Å². The number of carbonyl (C=O) groups excluding carboxylic acids is 1. The number of anilines is 1. The van der Waals surface area contributed by atoms with E-state index in [4.69, 9.17) is 4.74 Å². The lowest BCUT2D eigenvalue weighted by Gasteiger charge is -2.26. The highest BCUT2D eigenvalue weighted by Gasteiger charge is 2.14. The van der Waals surface area contributed by atoms with E-state index in [1.165, 1.54) is 5.56 Å². The molecule has 1 aliphatic rings. The van der Waals surface area contributed by atoms with Crippen molar-refractivity contribution < 1.29 is 9.53 Å². The molecule has 4 rings (SSSR count). The normalized spacial score (nSPS) is 15.9. The summed E-state index contributed by atoms with van der Waals surface area (Å²) in [4.78, 5) is 19.4. The Morgan fingerprint density at radius 3 is 2.87 bits per heavy atom. The lowest BCUT2D eigenvalue weighted by atomic mass is 9.94. The van der Waals surface area contributed by atoms with E-state index in [1.807, 2.05) is 24.3 Å². The van der Waals surface area contributed by atoms with Gasteiger partial charge in [-0.25, -0.2) is 0 Å². The van der Waals surface area contributed by atoms with Gasteiger partial charge in [0.1, 0.15) is 5.78 Å². The van der Waals surface area contributed by atoms with Crippen LogP contribution in [0.25, 0.3) is 10.9 Å². The van der Waals surface area contributed by atoms with E-state index in [0.717, 1.165) is 61.8 Å². The average molecular weight is 408 g/mol. The number of carbonyl (C=O) groups is 1. The largest absolute Gasteiger partial charge is 0.379 e. The van der Waals surface area contributed by atoms with Crippen LogP contribution >= 0.6 is 0 Å². The zero-order valence-electron chi connectivity index (χ0n) is 17.4. The van der Waals surface area contributed by atoms with Crippen LogP contribution in [0, 0.1) is 0 Å². The molecule has 0 spiro atoms. The molecule has 3 heterocycles. The molecule has 1 aromatic carbocycles. The molecule has 30 heavy (non-hydrogen) atoms. The predicted octanol–water partition coefficient (Wildman–Crippen LogP) is 3.01. The number of Topliss-reactive ketones (excluding diaryl/α,β-unsaturated/α-hetero) is 1. The number of fused-ring (bicyclic) bond motifs is 1. The number of pyridine rings is 1. The SMILES string of the molecule is C[C@@H](CC(=O)Cc1cc2[nH]nc(NCCN3CCOCC3)c2cn1)c1ccccc1. The first-order valence-corrected chi connectivity index (χ1v) is 10.6. The van der Waals surface area contributed by atoms with Crippen molar-refractivity contribution in [2.45, 2.75) is 25.7 Å². The maximum atomic E-state index is 12.5. The van der Waals surface area contributed by atoms with Gasteiger partial charge in [-0.1, -0.05) is 37.3 Å². The number of ether oxygens (including phenoxy) is 1. The predicted molar refractivity (Wildman–Crippen MR) is 118 cm³/mol. The van der Waals surface area contributed by atoms with E-state index in [1.54, 1.807) is 6.20 Å². The van der Waals surface area contributed by atoms with Gasteiger partial charge in [0.2, 0.25) is 0 Å². The van der Waals surface area contributed by atoms with Gasteiger partial charge in [0.15, 0.2) is 5.82 Å². The van der Waals surface area contributed by atoms with Gasteiger partial charge in [0, 0.05) is 50.9 Å². The third-order valence-corrected chi connectivity index (χ3v) is 5.61. The molecule has 1 fully saturated rings. The third kappa shape index (κ3) is 5.23. The number of ketones is 1. The standard InChI is InChI=1S/C23H29N5O2/c1-17(18-5-3-2-4-6-18)13-20(29)14-19-15-22-21(16-25-19)23(27-26-22)24-7-8-28-9-11-30-12-10-28/h2-6,15-17H,7-14H2,1H3,(H2,24,26,27)/t17-/m0/s1. The van der Waals surface area contributed by atoms with E-state index >= 15 is 0 Å². The Kier molecular flexibility index (Phi) is 6.71. The summed E-state index contributed by atoms with van der Waals surface area (Å²) < 4.78 is 5.38. The highest BCUT2D eigenvalue weighted by molar-refractivity contribution is 5.90. The lowest BCUT2D eigenvalue weighted by Crippen LogP contribution is -2.39. The van der Waals surface area contributed by atoms with Crippen LogP contribution in [0.15, 0.2) is 42.6 Å². The second kappa shape index (κ2) is 9.82. The summed E-state index contributed by atoms with van der Waals surface area (Å²) in [5, 5.41) is 11.8. The highest BCUT2D eigenvalue weighted by Crippen LogP contribution is 2.22. The zero-order valence-corrected chi connectivity index (χ0v) is 17.4. The van der Waals surface area contributed by atoms with Crippen LogP contribution in [-0.4, -0.2) is 65.3 Å². The minimum absolute atomic E-state index is 0.196. The molecule has 0 saturated carbocycles. The molecular formula is C23H29N5O2. The Morgan fingerprint density at radius 1 is 1.27 bits per heavy atom. The van der Waals surface area contributed by atoms with Gasteiger partial charge in [0.05, 0.1) is 24.1 Å². The fourth-order valence-corrected chi connectivity index (χ4v) is 3.86. The monoisotopic (exact) mass is 407 g/mol. The van der Waals surface area contributed by atoms with E-state index in [2.05, 4.69) is 44.5 Å². The Bertz CT molecular complexity index is 966. The molecule has 0 amide bonds. The van der Waals surface area contributed by atoms with E-state index < -0.39 is 0 Å². The van der Waals surface area contributed by atoms with Crippen LogP contribution < -0.4 is 5.32 Å². The maximum Gasteiger partial charge on any atom is 0.157 e. The first kappa shape index (κ1) is 20.5. The quantitative estimate of drug-likeness (QED) is 0.567. The molecule has 2 N–H and O–H groups in total. The van der Waals surface area contributed by atoms with Crippen molar-refractivity contribution in [2.24, 2.45) is 0 Å². The van der Waals surface area contributed by atoms with E-state index in [9.17, 15) is 4.79 Å². The number of nitrogens with zero attached hydrogens (tertiary/aromatic N) is 3. The van der Waals surface area contributed by atoms with Crippen molar-refractivity contribution >= 4 is 22.5 Å². The van der Waals surface area contributed by atoms with Gasteiger partial charge in [-0.15, -0.1) is 0 Å². The number of aromatic nitrogens is 3. The molecule has 1 atom stereocenters. The molecule has 0 radical (unpaired) electrons. The average Bonchev–Trinajstić information content (AvgIpc) is 3.17. The number of rotatable bonds is 9. The molecular weight excluding hydrogens is 378 g/mol. The number of hydrogen-bond donors (Lipinski definition) is 2. The summed E-state index contributed by atoms with van der Waals surface area (Å²) in [7, 11) is 0. The number of morpholine rings is 1.